The molecule has 5 nitrogen and oxygen atoms in total. The molecular formula is C18H16N2O3S2. The molecule has 0 aliphatic carbocycles. The molecule has 1 aromatic heterocycles. The van der Waals surface area contributed by atoms with E-state index >= 15 is 0 Å². The molecule has 1 fully saturated rings. The van der Waals surface area contributed by atoms with E-state index in [0.29, 0.717) is 10.6 Å². The van der Waals surface area contributed by atoms with Gasteiger partial charge in [-0.1, -0.05) is 12.1 Å². The molecule has 2 heterocycles. The van der Waals surface area contributed by atoms with Gasteiger partial charge < -0.3 is 5.32 Å². The number of thiophene rings is 1. The summed E-state index contributed by atoms with van der Waals surface area (Å²) in [5.74, 6) is -0.830. The van der Waals surface area contributed by atoms with Crippen LogP contribution >= 0.6 is 23.1 Å². The molecule has 0 radical (unpaired) electrons. The first-order valence-electron chi connectivity index (χ1n) is 7.60. The Kier molecular flexibility index (Phi) is 5.06. The van der Waals surface area contributed by atoms with E-state index in [9.17, 15) is 14.4 Å². The van der Waals surface area contributed by atoms with Gasteiger partial charge in [-0.2, -0.15) is 0 Å². The summed E-state index contributed by atoms with van der Waals surface area (Å²) in [7, 11) is 0. The fourth-order valence-electron chi connectivity index (χ4n) is 2.35. The maximum atomic E-state index is 12.4. The number of rotatable bonds is 4. The second-order valence-corrected chi connectivity index (χ2v) is 7.59. The van der Waals surface area contributed by atoms with Crippen molar-refractivity contribution in [3.63, 3.8) is 0 Å². The Bertz CT molecular complexity index is 886. The Morgan fingerprint density at radius 2 is 2.04 bits per heavy atom. The Labute approximate surface area is 153 Å². The molecule has 128 valence electrons. The molecule has 1 aliphatic rings. The number of amides is 3. The van der Waals surface area contributed by atoms with Gasteiger partial charge in [-0.25, -0.2) is 0 Å². The molecule has 0 unspecified atom stereocenters. The van der Waals surface area contributed by atoms with Crippen molar-refractivity contribution in [2.24, 2.45) is 0 Å². The van der Waals surface area contributed by atoms with Crippen molar-refractivity contribution in [3.05, 3.63) is 56.6 Å². The average Bonchev–Trinajstić information content (AvgIpc) is 3.06. The van der Waals surface area contributed by atoms with Gasteiger partial charge in [0.15, 0.2) is 0 Å². The highest BCUT2D eigenvalue weighted by Gasteiger charge is 2.36. The Balaban J connectivity index is 1.69. The first-order chi connectivity index (χ1) is 11.9. The lowest BCUT2D eigenvalue weighted by Crippen LogP contribution is -2.36. The number of hydrogen-bond donors (Lipinski definition) is 1. The highest BCUT2D eigenvalue weighted by molar-refractivity contribution is 8.18. The van der Waals surface area contributed by atoms with Crippen molar-refractivity contribution >= 4 is 51.9 Å². The fraction of sp³-hybridized carbons (Fsp3) is 0.167. The molecule has 1 N–H and O–H groups in total. The van der Waals surface area contributed by atoms with Gasteiger partial charge in [-0.3, -0.25) is 19.3 Å². The number of carbonyl (C=O) groups excluding carboxylic acids is 3. The molecule has 0 spiro atoms. The summed E-state index contributed by atoms with van der Waals surface area (Å²) >= 11 is 2.37. The van der Waals surface area contributed by atoms with Crippen molar-refractivity contribution in [1.29, 1.82) is 0 Å². The van der Waals surface area contributed by atoms with E-state index in [1.165, 1.54) is 11.3 Å². The Morgan fingerprint density at radius 3 is 2.72 bits per heavy atom. The maximum Gasteiger partial charge on any atom is 0.294 e. The first kappa shape index (κ1) is 17.4. The third-order valence-corrected chi connectivity index (χ3v) is 5.51. The fourth-order valence-corrected chi connectivity index (χ4v) is 4.11. The lowest BCUT2D eigenvalue weighted by Gasteiger charge is -2.12. The zero-order valence-electron chi connectivity index (χ0n) is 13.7. The van der Waals surface area contributed by atoms with Gasteiger partial charge in [0.2, 0.25) is 5.91 Å². The van der Waals surface area contributed by atoms with Crippen LogP contribution in [-0.2, 0) is 9.59 Å². The predicted molar refractivity (Wildman–Crippen MR) is 102 cm³/mol. The van der Waals surface area contributed by atoms with Gasteiger partial charge in [-0.05, 0) is 66.4 Å². The van der Waals surface area contributed by atoms with Crippen LogP contribution in [0.3, 0.4) is 0 Å². The van der Waals surface area contributed by atoms with Crippen LogP contribution in [0.15, 0.2) is 40.6 Å². The quantitative estimate of drug-likeness (QED) is 0.823. The monoisotopic (exact) mass is 372 g/mol. The summed E-state index contributed by atoms with van der Waals surface area (Å²) < 4.78 is 0. The van der Waals surface area contributed by atoms with Crippen LogP contribution in [0.2, 0.25) is 0 Å². The van der Waals surface area contributed by atoms with E-state index in [4.69, 9.17) is 0 Å². The van der Waals surface area contributed by atoms with Crippen LogP contribution in [0.4, 0.5) is 10.5 Å². The molecule has 1 aromatic carbocycles. The van der Waals surface area contributed by atoms with Crippen molar-refractivity contribution < 1.29 is 14.4 Å². The molecule has 3 rings (SSSR count). The normalized spacial score (nSPS) is 15.9. The molecule has 25 heavy (non-hydrogen) atoms. The van der Waals surface area contributed by atoms with E-state index in [-0.39, 0.29) is 6.54 Å². The summed E-state index contributed by atoms with van der Waals surface area (Å²) in [6.45, 7) is 3.57. The van der Waals surface area contributed by atoms with E-state index in [2.05, 4.69) is 5.32 Å². The van der Waals surface area contributed by atoms with Gasteiger partial charge in [0.25, 0.3) is 11.1 Å². The summed E-state index contributed by atoms with van der Waals surface area (Å²) in [6, 6.07) is 9.29. The van der Waals surface area contributed by atoms with E-state index in [0.717, 1.165) is 32.7 Å². The van der Waals surface area contributed by atoms with Crippen LogP contribution in [0, 0.1) is 13.8 Å². The zero-order valence-corrected chi connectivity index (χ0v) is 15.4. The number of nitrogens with zero attached hydrogens (tertiary/aromatic N) is 1. The summed E-state index contributed by atoms with van der Waals surface area (Å²) in [6.07, 6.45) is 1.71. The molecule has 0 bridgehead atoms. The lowest BCUT2D eigenvalue weighted by atomic mass is 10.2. The van der Waals surface area contributed by atoms with Crippen molar-refractivity contribution in [2.75, 3.05) is 11.9 Å². The smallest absolute Gasteiger partial charge is 0.294 e. The number of carbonyl (C=O) groups is 3. The minimum atomic E-state index is -0.429. The standard InChI is InChI=1S/C18H16N2O3S2/c1-11-4-3-5-13(8-11)19-16(21)10-20-17(22)15(25-18(20)23)9-14-12(2)6-7-24-14/h3-9H,10H2,1-2H3,(H,19,21)/b15-9-. The van der Waals surface area contributed by atoms with Crippen LogP contribution in [0.1, 0.15) is 16.0 Å². The highest BCUT2D eigenvalue weighted by Crippen LogP contribution is 2.33. The largest absolute Gasteiger partial charge is 0.325 e. The van der Waals surface area contributed by atoms with Gasteiger partial charge in [0.05, 0.1) is 4.91 Å². The number of nitrogens with one attached hydrogen (secondary N) is 1. The molecule has 0 saturated carbocycles. The third kappa shape index (κ3) is 4.00. The second kappa shape index (κ2) is 7.25. The minimum Gasteiger partial charge on any atom is -0.325 e. The molecule has 2 aromatic rings. The minimum absolute atomic E-state index is 0.292. The number of imide groups is 1. The third-order valence-electron chi connectivity index (χ3n) is 3.64. The maximum absolute atomic E-state index is 12.4. The summed E-state index contributed by atoms with van der Waals surface area (Å²) in [5, 5.41) is 4.21. The number of aryl methyl sites for hydroxylation is 2. The Morgan fingerprint density at radius 1 is 1.24 bits per heavy atom. The van der Waals surface area contributed by atoms with Crippen molar-refractivity contribution in [3.8, 4) is 0 Å². The predicted octanol–water partition coefficient (Wildman–Crippen LogP) is 4.04. The highest BCUT2D eigenvalue weighted by atomic mass is 32.2. The number of benzene rings is 1. The van der Waals surface area contributed by atoms with Gasteiger partial charge >= 0.3 is 0 Å². The average molecular weight is 372 g/mol. The van der Waals surface area contributed by atoms with Crippen molar-refractivity contribution in [2.45, 2.75) is 13.8 Å². The zero-order chi connectivity index (χ0) is 18.0. The number of hydrogen-bond acceptors (Lipinski definition) is 5. The van der Waals surface area contributed by atoms with Gasteiger partial charge in [0, 0.05) is 10.6 Å². The van der Waals surface area contributed by atoms with E-state index in [1.807, 2.05) is 43.5 Å². The summed E-state index contributed by atoms with van der Waals surface area (Å²) in [5.41, 5.74) is 2.70. The van der Waals surface area contributed by atoms with Crippen molar-refractivity contribution in [1.82, 2.24) is 4.90 Å². The van der Waals surface area contributed by atoms with Gasteiger partial charge in [0.1, 0.15) is 6.54 Å². The van der Waals surface area contributed by atoms with Gasteiger partial charge in [-0.15, -0.1) is 11.3 Å². The van der Waals surface area contributed by atoms with Crippen LogP contribution < -0.4 is 5.32 Å². The molecule has 1 saturated heterocycles. The number of anilines is 1. The van der Waals surface area contributed by atoms with E-state index in [1.54, 1.807) is 12.1 Å². The lowest BCUT2D eigenvalue weighted by molar-refractivity contribution is -0.127. The first-order valence-corrected chi connectivity index (χ1v) is 9.29. The van der Waals surface area contributed by atoms with Crippen LogP contribution in [-0.4, -0.2) is 28.5 Å². The molecular weight excluding hydrogens is 356 g/mol. The molecule has 3 amide bonds. The summed E-state index contributed by atoms with van der Waals surface area (Å²) in [4.78, 5) is 39.0. The number of thioether (sulfide) groups is 1. The van der Waals surface area contributed by atoms with Crippen LogP contribution in [0.5, 0.6) is 0 Å². The topological polar surface area (TPSA) is 66.5 Å². The SMILES string of the molecule is Cc1cccc(NC(=O)CN2C(=O)S/C(=C\c3sccc3C)C2=O)c1. The Hall–Kier alpha value is -2.38. The second-order valence-electron chi connectivity index (χ2n) is 5.65. The molecule has 1 aliphatic heterocycles. The van der Waals surface area contributed by atoms with Crippen LogP contribution in [0.25, 0.3) is 6.08 Å². The van der Waals surface area contributed by atoms with E-state index < -0.39 is 17.1 Å². The molecule has 7 heteroatoms. The molecule has 0 atom stereocenters.